The molecule has 2 N–H and O–H groups in total. The van der Waals surface area contributed by atoms with Crippen LogP contribution in [0.3, 0.4) is 0 Å². The Bertz CT molecular complexity index is 367. The summed E-state index contributed by atoms with van der Waals surface area (Å²) in [5, 5.41) is 0. The van der Waals surface area contributed by atoms with Crippen molar-refractivity contribution in [3.8, 4) is 0 Å². The molecule has 1 aromatic rings. The highest BCUT2D eigenvalue weighted by atomic mass is 16.2. The lowest BCUT2D eigenvalue weighted by atomic mass is 10.2. The van der Waals surface area contributed by atoms with Crippen LogP contribution in [-0.2, 0) is 6.54 Å². The Hall–Kier alpha value is -1.42. The van der Waals surface area contributed by atoms with E-state index in [0.29, 0.717) is 12.2 Å². The second kappa shape index (κ2) is 5.77. The molecule has 1 amide bonds. The van der Waals surface area contributed by atoms with Gasteiger partial charge in [0, 0.05) is 25.8 Å². The van der Waals surface area contributed by atoms with Gasteiger partial charge in [0.25, 0.3) is 5.91 Å². The topological polar surface area (TPSA) is 59.2 Å². The third kappa shape index (κ3) is 3.03. The summed E-state index contributed by atoms with van der Waals surface area (Å²) in [6.45, 7) is 2.18. The lowest BCUT2D eigenvalue weighted by Gasteiger charge is -2.19. The van der Waals surface area contributed by atoms with Gasteiger partial charge < -0.3 is 10.6 Å². The molecule has 1 saturated heterocycles. The van der Waals surface area contributed by atoms with Gasteiger partial charge in [-0.05, 0) is 24.5 Å². The highest BCUT2D eigenvalue weighted by Crippen LogP contribution is 2.12. The molecule has 0 spiro atoms. The van der Waals surface area contributed by atoms with Crippen LogP contribution in [0.25, 0.3) is 0 Å². The minimum Gasteiger partial charge on any atom is -0.337 e. The molecular weight excluding hydrogens is 214 g/mol. The minimum absolute atomic E-state index is 0.0514. The third-order valence-electron chi connectivity index (χ3n) is 3.17. The maximum Gasteiger partial charge on any atom is 0.272 e. The Morgan fingerprint density at radius 3 is 2.47 bits per heavy atom. The minimum atomic E-state index is 0.0514. The van der Waals surface area contributed by atoms with Gasteiger partial charge in [0.05, 0.1) is 0 Å². The van der Waals surface area contributed by atoms with Gasteiger partial charge in [-0.1, -0.05) is 18.9 Å². The Morgan fingerprint density at radius 1 is 1.24 bits per heavy atom. The Labute approximate surface area is 102 Å². The zero-order valence-electron chi connectivity index (χ0n) is 10.1. The van der Waals surface area contributed by atoms with Gasteiger partial charge in [0.1, 0.15) is 5.69 Å². The highest BCUT2D eigenvalue weighted by molar-refractivity contribution is 5.92. The van der Waals surface area contributed by atoms with Crippen molar-refractivity contribution in [1.82, 2.24) is 9.88 Å². The van der Waals surface area contributed by atoms with E-state index in [9.17, 15) is 4.79 Å². The normalized spacial score (nSPS) is 16.6. The lowest BCUT2D eigenvalue weighted by Crippen LogP contribution is -2.32. The first-order valence-electron chi connectivity index (χ1n) is 6.25. The summed E-state index contributed by atoms with van der Waals surface area (Å²) in [5.74, 6) is 0.0514. The average Bonchev–Trinajstić information content (AvgIpc) is 2.67. The number of carbonyl (C=O) groups excluding carboxylic acids is 1. The standard InChI is InChI=1S/C13H19N3O/c14-9-11-5-6-12(15-10-11)13(17)16-7-3-1-2-4-8-16/h5-6,10H,1-4,7-9,14H2. The number of hydrogen-bond donors (Lipinski definition) is 1. The zero-order chi connectivity index (χ0) is 12.1. The Morgan fingerprint density at radius 2 is 1.94 bits per heavy atom. The molecule has 4 nitrogen and oxygen atoms in total. The molecule has 0 unspecified atom stereocenters. The predicted molar refractivity (Wildman–Crippen MR) is 66.5 cm³/mol. The summed E-state index contributed by atoms with van der Waals surface area (Å²) in [7, 11) is 0. The van der Waals surface area contributed by atoms with Crippen LogP contribution in [-0.4, -0.2) is 28.9 Å². The fraction of sp³-hybridized carbons (Fsp3) is 0.538. The average molecular weight is 233 g/mol. The van der Waals surface area contributed by atoms with E-state index in [-0.39, 0.29) is 5.91 Å². The molecule has 0 aliphatic carbocycles. The molecule has 0 saturated carbocycles. The van der Waals surface area contributed by atoms with Crippen LogP contribution in [0.4, 0.5) is 0 Å². The Kier molecular flexibility index (Phi) is 4.09. The maximum atomic E-state index is 12.2. The van der Waals surface area contributed by atoms with Crippen LogP contribution in [0.5, 0.6) is 0 Å². The van der Waals surface area contributed by atoms with Gasteiger partial charge in [0.15, 0.2) is 0 Å². The number of likely N-dealkylation sites (tertiary alicyclic amines) is 1. The van der Waals surface area contributed by atoms with E-state index >= 15 is 0 Å². The molecule has 0 aromatic carbocycles. The van der Waals surface area contributed by atoms with Gasteiger partial charge in [-0.2, -0.15) is 0 Å². The molecule has 4 heteroatoms. The van der Waals surface area contributed by atoms with E-state index in [1.807, 2.05) is 11.0 Å². The van der Waals surface area contributed by atoms with Gasteiger partial charge in [0.2, 0.25) is 0 Å². The van der Waals surface area contributed by atoms with E-state index in [4.69, 9.17) is 5.73 Å². The molecule has 0 atom stereocenters. The van der Waals surface area contributed by atoms with Crippen molar-refractivity contribution >= 4 is 5.91 Å². The summed E-state index contributed by atoms with van der Waals surface area (Å²) < 4.78 is 0. The molecule has 2 rings (SSSR count). The monoisotopic (exact) mass is 233 g/mol. The van der Waals surface area contributed by atoms with E-state index in [1.54, 1.807) is 12.3 Å². The summed E-state index contributed by atoms with van der Waals surface area (Å²) in [6.07, 6.45) is 6.34. The second-order valence-electron chi connectivity index (χ2n) is 4.46. The van der Waals surface area contributed by atoms with Crippen LogP contribution in [0, 0.1) is 0 Å². The van der Waals surface area contributed by atoms with Crippen molar-refractivity contribution in [2.24, 2.45) is 5.73 Å². The molecule has 1 aliphatic rings. The van der Waals surface area contributed by atoms with Crippen molar-refractivity contribution < 1.29 is 4.79 Å². The molecule has 17 heavy (non-hydrogen) atoms. The molecule has 1 aromatic heterocycles. The number of aromatic nitrogens is 1. The van der Waals surface area contributed by atoms with Gasteiger partial charge >= 0.3 is 0 Å². The SMILES string of the molecule is NCc1ccc(C(=O)N2CCCCCC2)nc1. The molecule has 1 fully saturated rings. The van der Waals surface area contributed by atoms with Crippen molar-refractivity contribution in [3.05, 3.63) is 29.6 Å². The maximum absolute atomic E-state index is 12.2. The van der Waals surface area contributed by atoms with Crippen LogP contribution in [0.1, 0.15) is 41.7 Å². The number of pyridine rings is 1. The van der Waals surface area contributed by atoms with Gasteiger partial charge in [-0.3, -0.25) is 9.78 Å². The van der Waals surface area contributed by atoms with Crippen LogP contribution < -0.4 is 5.73 Å². The van der Waals surface area contributed by atoms with Crippen molar-refractivity contribution in [2.75, 3.05) is 13.1 Å². The van der Waals surface area contributed by atoms with Gasteiger partial charge in [-0.15, -0.1) is 0 Å². The van der Waals surface area contributed by atoms with E-state index < -0.39 is 0 Å². The van der Waals surface area contributed by atoms with E-state index in [0.717, 1.165) is 31.5 Å². The van der Waals surface area contributed by atoms with Crippen molar-refractivity contribution in [2.45, 2.75) is 32.2 Å². The zero-order valence-corrected chi connectivity index (χ0v) is 10.1. The first kappa shape index (κ1) is 12.0. The first-order valence-corrected chi connectivity index (χ1v) is 6.25. The number of nitrogens with two attached hydrogens (primary N) is 1. The smallest absolute Gasteiger partial charge is 0.272 e. The summed E-state index contributed by atoms with van der Waals surface area (Å²) >= 11 is 0. The fourth-order valence-corrected chi connectivity index (χ4v) is 2.11. The van der Waals surface area contributed by atoms with Crippen LogP contribution in [0.2, 0.25) is 0 Å². The summed E-state index contributed by atoms with van der Waals surface area (Å²) in [6, 6.07) is 3.65. The molecule has 0 bridgehead atoms. The third-order valence-corrected chi connectivity index (χ3v) is 3.17. The van der Waals surface area contributed by atoms with Gasteiger partial charge in [-0.25, -0.2) is 0 Å². The number of carbonyl (C=O) groups is 1. The van der Waals surface area contributed by atoms with Crippen LogP contribution in [0.15, 0.2) is 18.3 Å². The molecule has 92 valence electrons. The molecule has 1 aliphatic heterocycles. The molecular formula is C13H19N3O. The largest absolute Gasteiger partial charge is 0.337 e. The first-order chi connectivity index (χ1) is 8.31. The number of nitrogens with zero attached hydrogens (tertiary/aromatic N) is 2. The number of amides is 1. The quantitative estimate of drug-likeness (QED) is 0.843. The summed E-state index contributed by atoms with van der Waals surface area (Å²) in [4.78, 5) is 18.3. The molecule has 0 radical (unpaired) electrons. The van der Waals surface area contributed by atoms with E-state index in [2.05, 4.69) is 4.98 Å². The number of hydrogen-bond acceptors (Lipinski definition) is 3. The molecule has 2 heterocycles. The highest BCUT2D eigenvalue weighted by Gasteiger charge is 2.17. The lowest BCUT2D eigenvalue weighted by molar-refractivity contribution is 0.0756. The van der Waals surface area contributed by atoms with Crippen molar-refractivity contribution in [3.63, 3.8) is 0 Å². The van der Waals surface area contributed by atoms with Crippen molar-refractivity contribution in [1.29, 1.82) is 0 Å². The second-order valence-corrected chi connectivity index (χ2v) is 4.46. The Balaban J connectivity index is 2.06. The number of rotatable bonds is 2. The van der Waals surface area contributed by atoms with Crippen LogP contribution >= 0.6 is 0 Å². The fourth-order valence-electron chi connectivity index (χ4n) is 2.11. The summed E-state index contributed by atoms with van der Waals surface area (Å²) in [5.41, 5.74) is 6.99. The van der Waals surface area contributed by atoms with E-state index in [1.165, 1.54) is 12.8 Å². The predicted octanol–water partition coefficient (Wildman–Crippen LogP) is 1.56.